The van der Waals surface area contributed by atoms with Crippen LogP contribution in [0.25, 0.3) is 0 Å². The van der Waals surface area contributed by atoms with Gasteiger partial charge in [0.25, 0.3) is 0 Å². The highest BCUT2D eigenvalue weighted by Gasteiger charge is 2.08. The average Bonchev–Trinajstić information content (AvgIpc) is 2.29. The molecule has 0 aromatic carbocycles. The average molecular weight is 182 g/mol. The van der Waals surface area contributed by atoms with E-state index >= 15 is 0 Å². The second-order valence-corrected chi connectivity index (χ2v) is 3.91. The molecule has 2 heteroatoms. The first kappa shape index (κ1) is 10.6. The Hall–Kier alpha value is -0.530. The van der Waals surface area contributed by atoms with Gasteiger partial charge >= 0.3 is 0 Å². The maximum absolute atomic E-state index is 7.80. The minimum absolute atomic E-state index is 0.835. The molecule has 0 aromatic rings. The zero-order valence-corrected chi connectivity index (χ0v) is 8.81. The van der Waals surface area contributed by atoms with E-state index in [0.717, 1.165) is 25.3 Å². The third kappa shape index (κ3) is 3.79. The lowest BCUT2D eigenvalue weighted by atomic mass is 10.1. The van der Waals surface area contributed by atoms with Gasteiger partial charge in [-0.05, 0) is 12.8 Å². The molecule has 0 spiro atoms. The summed E-state index contributed by atoms with van der Waals surface area (Å²) in [6.45, 7) is 4.31. The summed E-state index contributed by atoms with van der Waals surface area (Å²) in [6, 6.07) is 0. The molecule has 0 bridgehead atoms. The van der Waals surface area contributed by atoms with Crippen molar-refractivity contribution in [2.45, 2.75) is 51.9 Å². The zero-order chi connectivity index (χ0) is 9.52. The molecule has 1 aliphatic rings. The Balaban J connectivity index is 2.36. The van der Waals surface area contributed by atoms with Crippen LogP contribution in [0.1, 0.15) is 51.9 Å². The van der Waals surface area contributed by atoms with Crippen LogP contribution >= 0.6 is 0 Å². The van der Waals surface area contributed by atoms with Gasteiger partial charge in [-0.3, -0.25) is 5.41 Å². The number of nitrogens with zero attached hydrogens (tertiary/aromatic N) is 1. The maximum atomic E-state index is 7.80. The second kappa shape index (κ2) is 6.01. The smallest absolute Gasteiger partial charge is 0.0954 e. The van der Waals surface area contributed by atoms with Crippen molar-refractivity contribution in [3.8, 4) is 0 Å². The number of amidine groups is 1. The van der Waals surface area contributed by atoms with Gasteiger partial charge in [-0.25, -0.2) is 0 Å². The van der Waals surface area contributed by atoms with Crippen LogP contribution in [0, 0.1) is 5.41 Å². The third-order valence-electron chi connectivity index (χ3n) is 2.82. The lowest BCUT2D eigenvalue weighted by Crippen LogP contribution is -2.31. The van der Waals surface area contributed by atoms with E-state index in [1.165, 1.54) is 38.5 Å². The fourth-order valence-electron chi connectivity index (χ4n) is 1.92. The monoisotopic (exact) mass is 182 g/mol. The van der Waals surface area contributed by atoms with Crippen LogP contribution in [-0.2, 0) is 0 Å². The van der Waals surface area contributed by atoms with Crippen molar-refractivity contribution in [1.29, 1.82) is 5.41 Å². The highest BCUT2D eigenvalue weighted by molar-refractivity contribution is 5.78. The fraction of sp³-hybridized carbons (Fsp3) is 0.909. The van der Waals surface area contributed by atoms with Crippen LogP contribution in [0.4, 0.5) is 0 Å². The Bertz CT molecular complexity index is 144. The van der Waals surface area contributed by atoms with Crippen molar-refractivity contribution >= 4 is 5.84 Å². The predicted octanol–water partition coefficient (Wildman–Crippen LogP) is 3.03. The first-order valence-electron chi connectivity index (χ1n) is 5.67. The summed E-state index contributed by atoms with van der Waals surface area (Å²) < 4.78 is 0. The van der Waals surface area contributed by atoms with E-state index in [0.29, 0.717) is 0 Å². The number of hydrogen-bond acceptors (Lipinski definition) is 1. The van der Waals surface area contributed by atoms with Crippen molar-refractivity contribution in [1.82, 2.24) is 4.90 Å². The fourth-order valence-corrected chi connectivity index (χ4v) is 1.92. The second-order valence-electron chi connectivity index (χ2n) is 3.91. The van der Waals surface area contributed by atoms with Gasteiger partial charge < -0.3 is 4.90 Å². The molecule has 0 unspecified atom stereocenters. The van der Waals surface area contributed by atoms with E-state index in [9.17, 15) is 0 Å². The highest BCUT2D eigenvalue weighted by Crippen LogP contribution is 2.11. The molecule has 1 heterocycles. The van der Waals surface area contributed by atoms with Crippen molar-refractivity contribution in [2.75, 3.05) is 13.1 Å². The molecule has 0 amide bonds. The minimum Gasteiger partial charge on any atom is -0.361 e. The van der Waals surface area contributed by atoms with Crippen molar-refractivity contribution < 1.29 is 0 Å². The summed E-state index contributed by atoms with van der Waals surface area (Å²) in [6.07, 6.45) is 8.95. The molecular formula is C11H22N2. The molecule has 1 fully saturated rings. The van der Waals surface area contributed by atoms with Gasteiger partial charge in [0, 0.05) is 19.5 Å². The summed E-state index contributed by atoms with van der Waals surface area (Å²) in [5.74, 6) is 0.835. The molecule has 1 aliphatic heterocycles. The van der Waals surface area contributed by atoms with Crippen molar-refractivity contribution in [2.24, 2.45) is 0 Å². The lowest BCUT2D eigenvalue weighted by Gasteiger charge is -2.23. The summed E-state index contributed by atoms with van der Waals surface area (Å²) in [5.41, 5.74) is 0. The minimum atomic E-state index is 0.835. The first-order valence-corrected chi connectivity index (χ1v) is 5.67. The first-order chi connectivity index (χ1) is 6.34. The van der Waals surface area contributed by atoms with Gasteiger partial charge in [-0.1, -0.05) is 32.6 Å². The summed E-state index contributed by atoms with van der Waals surface area (Å²) in [5, 5.41) is 7.80. The van der Waals surface area contributed by atoms with Gasteiger partial charge in [-0.15, -0.1) is 0 Å². The molecule has 0 aliphatic carbocycles. The largest absolute Gasteiger partial charge is 0.361 e. The highest BCUT2D eigenvalue weighted by atomic mass is 15.2. The normalized spacial score (nSPS) is 20.2. The SMILES string of the molecule is CCC(=N)N1CCCCCCCC1. The van der Waals surface area contributed by atoms with Crippen LogP contribution in [0.15, 0.2) is 0 Å². The quantitative estimate of drug-likeness (QED) is 0.490. The number of nitrogens with one attached hydrogen (secondary N) is 1. The van der Waals surface area contributed by atoms with E-state index in [2.05, 4.69) is 11.8 Å². The van der Waals surface area contributed by atoms with Crippen LogP contribution < -0.4 is 0 Å². The van der Waals surface area contributed by atoms with Crippen molar-refractivity contribution in [3.63, 3.8) is 0 Å². The van der Waals surface area contributed by atoms with E-state index in [-0.39, 0.29) is 0 Å². The van der Waals surface area contributed by atoms with Gasteiger partial charge in [0.1, 0.15) is 0 Å². The van der Waals surface area contributed by atoms with Gasteiger partial charge in [0.2, 0.25) is 0 Å². The number of hydrogen-bond donors (Lipinski definition) is 1. The Morgan fingerprint density at radius 3 is 1.92 bits per heavy atom. The van der Waals surface area contributed by atoms with Gasteiger partial charge in [-0.2, -0.15) is 0 Å². The van der Waals surface area contributed by atoms with Crippen LogP contribution in [-0.4, -0.2) is 23.8 Å². The Labute approximate surface area is 81.8 Å². The lowest BCUT2D eigenvalue weighted by molar-refractivity contribution is 0.396. The molecule has 1 rings (SSSR count). The third-order valence-corrected chi connectivity index (χ3v) is 2.82. The summed E-state index contributed by atoms with van der Waals surface area (Å²) in [4.78, 5) is 2.27. The van der Waals surface area contributed by atoms with E-state index < -0.39 is 0 Å². The van der Waals surface area contributed by atoms with E-state index in [1.807, 2.05) is 0 Å². The van der Waals surface area contributed by atoms with Crippen LogP contribution in [0.2, 0.25) is 0 Å². The Morgan fingerprint density at radius 1 is 1.00 bits per heavy atom. The zero-order valence-electron chi connectivity index (χ0n) is 8.81. The topological polar surface area (TPSA) is 27.1 Å². The van der Waals surface area contributed by atoms with Crippen LogP contribution in [0.5, 0.6) is 0 Å². The molecule has 0 radical (unpaired) electrons. The molecule has 0 saturated carbocycles. The Kier molecular flexibility index (Phi) is 4.87. The summed E-state index contributed by atoms with van der Waals surface area (Å²) in [7, 11) is 0. The predicted molar refractivity (Wildman–Crippen MR) is 57.3 cm³/mol. The molecule has 1 N–H and O–H groups in total. The van der Waals surface area contributed by atoms with Gasteiger partial charge in [0.05, 0.1) is 5.84 Å². The molecule has 0 atom stereocenters. The molecule has 2 nitrogen and oxygen atoms in total. The molecule has 1 saturated heterocycles. The standard InChI is InChI=1S/C11H22N2/c1-2-11(12)13-9-7-5-3-4-6-8-10-13/h12H,2-10H2,1H3. The Morgan fingerprint density at radius 2 is 1.46 bits per heavy atom. The molecule has 0 aromatic heterocycles. The molecule has 76 valence electrons. The molecular weight excluding hydrogens is 160 g/mol. The molecule has 13 heavy (non-hydrogen) atoms. The van der Waals surface area contributed by atoms with Crippen molar-refractivity contribution in [3.05, 3.63) is 0 Å². The van der Waals surface area contributed by atoms with Gasteiger partial charge in [0.15, 0.2) is 0 Å². The van der Waals surface area contributed by atoms with E-state index in [4.69, 9.17) is 5.41 Å². The maximum Gasteiger partial charge on any atom is 0.0954 e. The summed E-state index contributed by atoms with van der Waals surface area (Å²) >= 11 is 0. The van der Waals surface area contributed by atoms with E-state index in [1.54, 1.807) is 0 Å². The number of rotatable bonds is 1. The van der Waals surface area contributed by atoms with Crippen LogP contribution in [0.3, 0.4) is 0 Å².